The van der Waals surface area contributed by atoms with Crippen LogP contribution in [0.15, 0.2) is 29.3 Å². The lowest BCUT2D eigenvalue weighted by molar-refractivity contribution is 0.749. The third kappa shape index (κ3) is 1.64. The van der Waals surface area contributed by atoms with Crippen LogP contribution in [0, 0.1) is 0 Å². The van der Waals surface area contributed by atoms with Gasteiger partial charge in [0.25, 0.3) is 5.56 Å². The van der Waals surface area contributed by atoms with Gasteiger partial charge >= 0.3 is 0 Å². The summed E-state index contributed by atoms with van der Waals surface area (Å²) in [6.45, 7) is 0.417. The van der Waals surface area contributed by atoms with Crippen molar-refractivity contribution in [3.05, 3.63) is 40.6 Å². The molecule has 0 fully saturated rings. The van der Waals surface area contributed by atoms with Crippen LogP contribution in [-0.2, 0) is 6.54 Å². The molecule has 0 radical (unpaired) electrons. The highest BCUT2D eigenvalue weighted by atomic mass is 32.1. The molecule has 0 saturated carbocycles. The van der Waals surface area contributed by atoms with Crippen molar-refractivity contribution in [2.24, 2.45) is 0 Å². The highest BCUT2D eigenvalue weighted by Gasteiger charge is 2.01. The number of anilines is 1. The van der Waals surface area contributed by atoms with Gasteiger partial charge in [-0.05, 0) is 12.1 Å². The molecule has 14 heavy (non-hydrogen) atoms. The summed E-state index contributed by atoms with van der Waals surface area (Å²) in [6.07, 6.45) is 3.32. The first kappa shape index (κ1) is 8.89. The van der Waals surface area contributed by atoms with Gasteiger partial charge < -0.3 is 10.3 Å². The van der Waals surface area contributed by atoms with E-state index in [0.29, 0.717) is 6.54 Å². The van der Waals surface area contributed by atoms with Gasteiger partial charge in [0.15, 0.2) is 0 Å². The standard InChI is InChI=1S/C8H8N4OS/c9-7-2-1-3-12(8(7)13)5-6-4-10-14-11-6/h1-4H,5,9H2. The topological polar surface area (TPSA) is 73.8 Å². The van der Waals surface area contributed by atoms with E-state index >= 15 is 0 Å². The number of rotatable bonds is 2. The quantitative estimate of drug-likeness (QED) is 0.771. The molecule has 0 aliphatic heterocycles. The Morgan fingerprint density at radius 2 is 2.43 bits per heavy atom. The Hall–Kier alpha value is -1.69. The van der Waals surface area contributed by atoms with Crippen LogP contribution >= 0.6 is 11.7 Å². The van der Waals surface area contributed by atoms with Gasteiger partial charge in [-0.15, -0.1) is 0 Å². The summed E-state index contributed by atoms with van der Waals surface area (Å²) in [5.74, 6) is 0. The Kier molecular flexibility index (Phi) is 2.28. The summed E-state index contributed by atoms with van der Waals surface area (Å²) >= 11 is 1.12. The van der Waals surface area contributed by atoms with E-state index in [1.165, 1.54) is 4.57 Å². The first-order valence-corrected chi connectivity index (χ1v) is 4.72. The van der Waals surface area contributed by atoms with Crippen molar-refractivity contribution in [1.82, 2.24) is 13.3 Å². The van der Waals surface area contributed by atoms with E-state index in [9.17, 15) is 4.79 Å². The minimum absolute atomic E-state index is 0.194. The molecule has 0 amide bonds. The average molecular weight is 208 g/mol. The molecule has 0 aliphatic rings. The predicted octanol–water partition coefficient (Wildman–Crippen LogP) is 0.330. The van der Waals surface area contributed by atoms with Gasteiger partial charge in [-0.2, -0.15) is 8.75 Å². The molecular formula is C8H8N4OS. The molecule has 2 heterocycles. The summed E-state index contributed by atoms with van der Waals surface area (Å²) in [7, 11) is 0. The summed E-state index contributed by atoms with van der Waals surface area (Å²) < 4.78 is 9.37. The zero-order valence-corrected chi connectivity index (χ0v) is 8.07. The fraction of sp³-hybridized carbons (Fsp3) is 0.125. The van der Waals surface area contributed by atoms with Gasteiger partial charge in [0.2, 0.25) is 0 Å². The monoisotopic (exact) mass is 208 g/mol. The Morgan fingerprint density at radius 3 is 3.14 bits per heavy atom. The van der Waals surface area contributed by atoms with Crippen molar-refractivity contribution in [3.63, 3.8) is 0 Å². The van der Waals surface area contributed by atoms with E-state index in [-0.39, 0.29) is 11.2 Å². The zero-order chi connectivity index (χ0) is 9.97. The van der Waals surface area contributed by atoms with Crippen molar-refractivity contribution in [2.45, 2.75) is 6.54 Å². The number of aromatic nitrogens is 3. The van der Waals surface area contributed by atoms with Crippen LogP contribution < -0.4 is 11.3 Å². The Balaban J connectivity index is 2.34. The molecular weight excluding hydrogens is 200 g/mol. The predicted molar refractivity (Wildman–Crippen MR) is 54.1 cm³/mol. The van der Waals surface area contributed by atoms with Crippen molar-refractivity contribution in [2.75, 3.05) is 5.73 Å². The highest BCUT2D eigenvalue weighted by molar-refractivity contribution is 6.99. The molecule has 2 rings (SSSR count). The third-order valence-corrected chi connectivity index (χ3v) is 2.30. The van der Waals surface area contributed by atoms with Gasteiger partial charge in [-0.25, -0.2) is 0 Å². The third-order valence-electron chi connectivity index (χ3n) is 1.79. The largest absolute Gasteiger partial charge is 0.394 e. The van der Waals surface area contributed by atoms with Crippen LogP contribution in [0.5, 0.6) is 0 Å². The molecule has 0 spiro atoms. The first-order chi connectivity index (χ1) is 6.77. The summed E-state index contributed by atoms with van der Waals surface area (Å²) in [6, 6.07) is 3.31. The molecule has 0 aliphatic carbocycles. The second-order valence-corrected chi connectivity index (χ2v) is 3.35. The minimum atomic E-state index is -0.194. The number of nitrogen functional groups attached to an aromatic ring is 1. The smallest absolute Gasteiger partial charge is 0.274 e. The molecule has 6 heteroatoms. The van der Waals surface area contributed by atoms with Crippen molar-refractivity contribution < 1.29 is 0 Å². The average Bonchev–Trinajstić information content (AvgIpc) is 2.66. The number of nitrogens with two attached hydrogens (primary N) is 1. The number of nitrogens with zero attached hydrogens (tertiary/aromatic N) is 3. The van der Waals surface area contributed by atoms with Gasteiger partial charge in [0.1, 0.15) is 0 Å². The van der Waals surface area contributed by atoms with Crippen molar-refractivity contribution >= 4 is 17.4 Å². The van der Waals surface area contributed by atoms with Crippen LogP contribution in [0.1, 0.15) is 5.69 Å². The molecule has 0 bridgehead atoms. The maximum absolute atomic E-state index is 11.5. The summed E-state index contributed by atoms with van der Waals surface area (Å²) in [4.78, 5) is 11.5. The van der Waals surface area contributed by atoms with E-state index in [1.807, 2.05) is 0 Å². The maximum atomic E-state index is 11.5. The SMILES string of the molecule is Nc1cccn(Cc2cnsn2)c1=O. The van der Waals surface area contributed by atoms with Crippen LogP contribution in [-0.4, -0.2) is 13.3 Å². The highest BCUT2D eigenvalue weighted by Crippen LogP contribution is 1.99. The first-order valence-electron chi connectivity index (χ1n) is 3.99. The molecule has 2 N–H and O–H groups in total. The fourth-order valence-electron chi connectivity index (χ4n) is 1.11. The van der Waals surface area contributed by atoms with Crippen LogP contribution in [0.4, 0.5) is 5.69 Å². The fourth-order valence-corrected chi connectivity index (χ4v) is 1.53. The molecule has 0 unspecified atom stereocenters. The minimum Gasteiger partial charge on any atom is -0.394 e. The van der Waals surface area contributed by atoms with Crippen molar-refractivity contribution in [3.8, 4) is 0 Å². The maximum Gasteiger partial charge on any atom is 0.274 e. The molecule has 0 atom stereocenters. The zero-order valence-electron chi connectivity index (χ0n) is 7.25. The molecule has 0 aromatic carbocycles. The van der Waals surface area contributed by atoms with E-state index in [2.05, 4.69) is 8.75 Å². The van der Waals surface area contributed by atoms with E-state index in [0.717, 1.165) is 17.4 Å². The van der Waals surface area contributed by atoms with Crippen molar-refractivity contribution in [1.29, 1.82) is 0 Å². The Bertz CT molecular complexity index is 476. The molecule has 2 aromatic rings. The lowest BCUT2D eigenvalue weighted by Crippen LogP contribution is -2.22. The molecule has 72 valence electrons. The number of hydrogen-bond acceptors (Lipinski definition) is 5. The van der Waals surface area contributed by atoms with Gasteiger partial charge in [0, 0.05) is 6.20 Å². The van der Waals surface area contributed by atoms with Gasteiger partial charge in [-0.1, -0.05) is 0 Å². The Labute approximate surface area is 84.1 Å². The summed E-state index contributed by atoms with van der Waals surface area (Å²) in [5, 5.41) is 0. The summed E-state index contributed by atoms with van der Waals surface area (Å²) in [5.41, 5.74) is 6.30. The van der Waals surface area contributed by atoms with E-state index in [4.69, 9.17) is 5.73 Å². The normalized spacial score (nSPS) is 10.3. The number of pyridine rings is 1. The van der Waals surface area contributed by atoms with E-state index in [1.54, 1.807) is 24.5 Å². The lowest BCUT2D eigenvalue weighted by Gasteiger charge is -2.02. The van der Waals surface area contributed by atoms with Crippen LogP contribution in [0.3, 0.4) is 0 Å². The van der Waals surface area contributed by atoms with Gasteiger partial charge in [0.05, 0.1) is 35.9 Å². The molecule has 2 aromatic heterocycles. The Morgan fingerprint density at radius 1 is 1.57 bits per heavy atom. The second-order valence-electron chi connectivity index (χ2n) is 2.80. The van der Waals surface area contributed by atoms with Crippen LogP contribution in [0.2, 0.25) is 0 Å². The molecule has 5 nitrogen and oxygen atoms in total. The number of hydrogen-bond donors (Lipinski definition) is 1. The molecule has 0 saturated heterocycles. The van der Waals surface area contributed by atoms with E-state index < -0.39 is 0 Å². The second kappa shape index (κ2) is 3.59. The van der Waals surface area contributed by atoms with Gasteiger partial charge in [-0.3, -0.25) is 4.79 Å². The lowest BCUT2D eigenvalue weighted by atomic mass is 10.4. The van der Waals surface area contributed by atoms with Crippen LogP contribution in [0.25, 0.3) is 0 Å².